The third-order valence-corrected chi connectivity index (χ3v) is 4.71. The van der Waals surface area contributed by atoms with E-state index in [1.165, 1.54) is 17.2 Å². The van der Waals surface area contributed by atoms with Crippen molar-refractivity contribution in [2.75, 3.05) is 13.1 Å². The zero-order valence-corrected chi connectivity index (χ0v) is 13.7. The molecule has 3 heteroatoms. The maximum Gasteiger partial charge on any atom is 0.123 e. The first-order valence-electron chi connectivity index (χ1n) is 8.37. The van der Waals surface area contributed by atoms with Crippen LogP contribution in [0.15, 0.2) is 48.5 Å². The fourth-order valence-electron chi connectivity index (χ4n) is 3.65. The SMILES string of the molecule is Cc1ccccc1CN1CC(N)CC(Cc2cccc(F)c2)C1. The zero-order valence-electron chi connectivity index (χ0n) is 13.7. The third-order valence-electron chi connectivity index (χ3n) is 4.71. The second-order valence-electron chi connectivity index (χ2n) is 6.82. The van der Waals surface area contributed by atoms with E-state index in [4.69, 9.17) is 5.73 Å². The fraction of sp³-hybridized carbons (Fsp3) is 0.400. The summed E-state index contributed by atoms with van der Waals surface area (Å²) in [5.74, 6) is 0.337. The molecule has 1 fully saturated rings. The number of nitrogens with zero attached hydrogens (tertiary/aromatic N) is 1. The van der Waals surface area contributed by atoms with E-state index in [0.29, 0.717) is 5.92 Å². The first kappa shape index (κ1) is 16.2. The van der Waals surface area contributed by atoms with E-state index in [2.05, 4.69) is 36.1 Å². The number of likely N-dealkylation sites (tertiary alicyclic amines) is 1. The quantitative estimate of drug-likeness (QED) is 0.936. The number of aryl methyl sites for hydroxylation is 1. The highest BCUT2D eigenvalue weighted by Gasteiger charge is 2.25. The van der Waals surface area contributed by atoms with Gasteiger partial charge in [-0.25, -0.2) is 4.39 Å². The predicted octanol–water partition coefficient (Wildman–Crippen LogP) is 3.53. The highest BCUT2D eigenvalue weighted by molar-refractivity contribution is 5.25. The summed E-state index contributed by atoms with van der Waals surface area (Å²) in [6.07, 6.45) is 1.91. The van der Waals surface area contributed by atoms with Crippen LogP contribution in [0, 0.1) is 18.7 Å². The van der Waals surface area contributed by atoms with Crippen LogP contribution >= 0.6 is 0 Å². The summed E-state index contributed by atoms with van der Waals surface area (Å²) in [5.41, 5.74) is 10.0. The molecule has 2 N–H and O–H groups in total. The van der Waals surface area contributed by atoms with Crippen molar-refractivity contribution >= 4 is 0 Å². The number of hydrogen-bond acceptors (Lipinski definition) is 2. The first-order chi connectivity index (χ1) is 11.1. The van der Waals surface area contributed by atoms with Crippen LogP contribution in [-0.4, -0.2) is 24.0 Å². The van der Waals surface area contributed by atoms with Crippen molar-refractivity contribution in [3.63, 3.8) is 0 Å². The smallest absolute Gasteiger partial charge is 0.123 e. The van der Waals surface area contributed by atoms with Crippen molar-refractivity contribution in [2.24, 2.45) is 11.7 Å². The van der Waals surface area contributed by atoms with Crippen molar-refractivity contribution in [2.45, 2.75) is 32.4 Å². The Balaban J connectivity index is 1.66. The van der Waals surface area contributed by atoms with Crippen molar-refractivity contribution in [1.29, 1.82) is 0 Å². The summed E-state index contributed by atoms with van der Waals surface area (Å²) in [5, 5.41) is 0. The minimum absolute atomic E-state index is 0.153. The number of benzene rings is 2. The lowest BCUT2D eigenvalue weighted by molar-refractivity contribution is 0.149. The minimum Gasteiger partial charge on any atom is -0.327 e. The number of rotatable bonds is 4. The van der Waals surface area contributed by atoms with E-state index in [0.717, 1.165) is 38.0 Å². The van der Waals surface area contributed by atoms with E-state index in [1.54, 1.807) is 12.1 Å². The summed E-state index contributed by atoms with van der Waals surface area (Å²) < 4.78 is 13.4. The summed E-state index contributed by atoms with van der Waals surface area (Å²) in [4.78, 5) is 2.44. The summed E-state index contributed by atoms with van der Waals surface area (Å²) in [6, 6.07) is 15.7. The standard InChI is InChI=1S/C20H25FN2/c1-15-5-2-3-7-18(15)13-23-12-17(11-20(22)14-23)9-16-6-4-8-19(21)10-16/h2-8,10,17,20H,9,11-14,22H2,1H3. The Morgan fingerprint density at radius 1 is 1.13 bits per heavy atom. The van der Waals surface area contributed by atoms with Gasteiger partial charge in [0.2, 0.25) is 0 Å². The molecule has 1 aliphatic rings. The minimum atomic E-state index is -0.153. The first-order valence-corrected chi connectivity index (χ1v) is 8.37. The van der Waals surface area contributed by atoms with Gasteiger partial charge in [0.05, 0.1) is 0 Å². The molecule has 1 saturated heterocycles. The van der Waals surface area contributed by atoms with Gasteiger partial charge in [-0.15, -0.1) is 0 Å². The Morgan fingerprint density at radius 2 is 1.96 bits per heavy atom. The van der Waals surface area contributed by atoms with Crippen LogP contribution in [0.1, 0.15) is 23.1 Å². The molecule has 2 unspecified atom stereocenters. The Kier molecular flexibility index (Phi) is 5.09. The van der Waals surface area contributed by atoms with E-state index >= 15 is 0 Å². The van der Waals surface area contributed by atoms with Crippen molar-refractivity contribution in [3.8, 4) is 0 Å². The monoisotopic (exact) mass is 312 g/mol. The Morgan fingerprint density at radius 3 is 2.74 bits per heavy atom. The Labute approximate surface area is 138 Å². The van der Waals surface area contributed by atoms with Gasteiger partial charge in [-0.3, -0.25) is 4.90 Å². The molecule has 23 heavy (non-hydrogen) atoms. The van der Waals surface area contributed by atoms with Crippen LogP contribution in [0.2, 0.25) is 0 Å². The number of halogens is 1. The average Bonchev–Trinajstić information content (AvgIpc) is 2.49. The van der Waals surface area contributed by atoms with Gasteiger partial charge in [0, 0.05) is 25.7 Å². The average molecular weight is 312 g/mol. The van der Waals surface area contributed by atoms with Gasteiger partial charge >= 0.3 is 0 Å². The van der Waals surface area contributed by atoms with E-state index < -0.39 is 0 Å². The molecule has 0 saturated carbocycles. The molecule has 0 spiro atoms. The zero-order chi connectivity index (χ0) is 16.2. The number of piperidine rings is 1. The molecule has 0 aliphatic carbocycles. The molecule has 3 rings (SSSR count). The lowest BCUT2D eigenvalue weighted by atomic mass is 9.88. The van der Waals surface area contributed by atoms with Gasteiger partial charge in [-0.05, 0) is 54.5 Å². The van der Waals surface area contributed by atoms with Gasteiger partial charge in [0.1, 0.15) is 5.82 Å². The maximum atomic E-state index is 13.4. The molecule has 1 heterocycles. The second-order valence-corrected chi connectivity index (χ2v) is 6.82. The van der Waals surface area contributed by atoms with Crippen LogP contribution < -0.4 is 5.73 Å². The van der Waals surface area contributed by atoms with Crippen molar-refractivity contribution in [3.05, 3.63) is 71.0 Å². The molecule has 122 valence electrons. The van der Waals surface area contributed by atoms with Gasteiger partial charge in [0.15, 0.2) is 0 Å². The van der Waals surface area contributed by atoms with Crippen LogP contribution in [0.3, 0.4) is 0 Å². The topological polar surface area (TPSA) is 29.3 Å². The summed E-state index contributed by atoms with van der Waals surface area (Å²) in [6.45, 7) is 5.07. The molecule has 0 bridgehead atoms. The van der Waals surface area contributed by atoms with E-state index in [-0.39, 0.29) is 11.9 Å². The highest BCUT2D eigenvalue weighted by atomic mass is 19.1. The molecule has 2 atom stereocenters. The van der Waals surface area contributed by atoms with Crippen LogP contribution in [0.4, 0.5) is 4.39 Å². The van der Waals surface area contributed by atoms with Gasteiger partial charge in [-0.1, -0.05) is 36.4 Å². The van der Waals surface area contributed by atoms with Gasteiger partial charge in [-0.2, -0.15) is 0 Å². The number of nitrogens with two attached hydrogens (primary N) is 1. The highest BCUT2D eigenvalue weighted by Crippen LogP contribution is 2.23. The molecule has 0 aromatic heterocycles. The van der Waals surface area contributed by atoms with Crippen LogP contribution in [0.5, 0.6) is 0 Å². The lowest BCUT2D eigenvalue weighted by Crippen LogP contribution is -2.47. The normalized spacial score (nSPS) is 22.2. The second kappa shape index (κ2) is 7.24. The molecule has 0 amide bonds. The Bertz CT molecular complexity index is 656. The molecule has 2 aromatic rings. The molecule has 2 nitrogen and oxygen atoms in total. The number of hydrogen-bond donors (Lipinski definition) is 1. The molecule has 2 aromatic carbocycles. The third kappa shape index (κ3) is 4.40. The van der Waals surface area contributed by atoms with Crippen LogP contribution in [0.25, 0.3) is 0 Å². The Hall–Kier alpha value is -1.71. The molecular formula is C20H25FN2. The maximum absolute atomic E-state index is 13.4. The summed E-state index contributed by atoms with van der Waals surface area (Å²) in [7, 11) is 0. The van der Waals surface area contributed by atoms with Crippen molar-refractivity contribution in [1.82, 2.24) is 4.90 Å². The van der Waals surface area contributed by atoms with E-state index in [1.807, 2.05) is 6.07 Å². The largest absolute Gasteiger partial charge is 0.327 e. The van der Waals surface area contributed by atoms with E-state index in [9.17, 15) is 4.39 Å². The molecule has 0 radical (unpaired) electrons. The molecule has 1 aliphatic heterocycles. The fourth-order valence-corrected chi connectivity index (χ4v) is 3.65. The summed E-state index contributed by atoms with van der Waals surface area (Å²) >= 11 is 0. The molecular weight excluding hydrogens is 287 g/mol. The van der Waals surface area contributed by atoms with Crippen molar-refractivity contribution < 1.29 is 4.39 Å². The van der Waals surface area contributed by atoms with Gasteiger partial charge < -0.3 is 5.73 Å². The predicted molar refractivity (Wildman–Crippen MR) is 92.6 cm³/mol. The lowest BCUT2D eigenvalue weighted by Gasteiger charge is -2.36. The van der Waals surface area contributed by atoms with Gasteiger partial charge in [0.25, 0.3) is 0 Å². The van der Waals surface area contributed by atoms with Crippen LogP contribution in [-0.2, 0) is 13.0 Å².